The lowest BCUT2D eigenvalue weighted by atomic mass is 10.1. The first kappa shape index (κ1) is 14.6. The number of hydrogen-bond donors (Lipinski definition) is 1. The Labute approximate surface area is 129 Å². The van der Waals surface area contributed by atoms with Gasteiger partial charge in [0.05, 0.1) is 10.8 Å². The minimum atomic E-state index is -0.00218. The standard InChI is InChI=1S/C18H20N2O2/c1-3-20(4-2)11-14-15(19)10-9-13-17(21)12-7-5-6-8-16(12)22-18(13)14/h5-10H,3-4,11,19H2,1-2H3. The molecule has 0 bridgehead atoms. The van der Waals surface area contributed by atoms with Crippen molar-refractivity contribution < 1.29 is 4.42 Å². The minimum absolute atomic E-state index is 0.00218. The van der Waals surface area contributed by atoms with Gasteiger partial charge in [0.15, 0.2) is 0 Å². The molecule has 0 saturated carbocycles. The average molecular weight is 296 g/mol. The number of benzene rings is 2. The van der Waals surface area contributed by atoms with E-state index < -0.39 is 0 Å². The highest BCUT2D eigenvalue weighted by Gasteiger charge is 2.15. The summed E-state index contributed by atoms with van der Waals surface area (Å²) >= 11 is 0. The smallest absolute Gasteiger partial charge is 0.200 e. The predicted molar refractivity (Wildman–Crippen MR) is 91.0 cm³/mol. The molecular weight excluding hydrogens is 276 g/mol. The molecule has 0 aliphatic heterocycles. The van der Waals surface area contributed by atoms with Crippen LogP contribution in [0.1, 0.15) is 19.4 Å². The summed E-state index contributed by atoms with van der Waals surface area (Å²) in [5, 5.41) is 1.20. The van der Waals surface area contributed by atoms with E-state index in [1.165, 1.54) is 0 Å². The van der Waals surface area contributed by atoms with Crippen LogP contribution < -0.4 is 11.2 Å². The van der Waals surface area contributed by atoms with Gasteiger partial charge in [0, 0.05) is 17.8 Å². The minimum Gasteiger partial charge on any atom is -0.455 e. The van der Waals surface area contributed by atoms with Gasteiger partial charge in [-0.3, -0.25) is 9.69 Å². The Morgan fingerprint density at radius 3 is 2.50 bits per heavy atom. The van der Waals surface area contributed by atoms with Gasteiger partial charge in [0.25, 0.3) is 0 Å². The number of hydrogen-bond acceptors (Lipinski definition) is 4. The highest BCUT2D eigenvalue weighted by molar-refractivity contribution is 5.93. The van der Waals surface area contributed by atoms with Gasteiger partial charge in [0.2, 0.25) is 5.43 Å². The normalized spacial score (nSPS) is 11.6. The fraction of sp³-hybridized carbons (Fsp3) is 0.278. The number of para-hydroxylation sites is 1. The molecule has 0 spiro atoms. The Morgan fingerprint density at radius 1 is 1.05 bits per heavy atom. The second-order valence-corrected chi connectivity index (χ2v) is 5.40. The van der Waals surface area contributed by atoms with Crippen LogP contribution >= 0.6 is 0 Å². The van der Waals surface area contributed by atoms with Crippen molar-refractivity contribution in [2.45, 2.75) is 20.4 Å². The molecule has 0 aliphatic carbocycles. The summed E-state index contributed by atoms with van der Waals surface area (Å²) in [7, 11) is 0. The Hall–Kier alpha value is -2.33. The summed E-state index contributed by atoms with van der Waals surface area (Å²) in [6, 6.07) is 10.9. The van der Waals surface area contributed by atoms with Gasteiger partial charge in [-0.2, -0.15) is 0 Å². The molecule has 0 amide bonds. The molecule has 0 radical (unpaired) electrons. The van der Waals surface area contributed by atoms with Crippen LogP contribution in [0.5, 0.6) is 0 Å². The first-order valence-electron chi connectivity index (χ1n) is 7.61. The van der Waals surface area contributed by atoms with Gasteiger partial charge in [-0.15, -0.1) is 0 Å². The summed E-state index contributed by atoms with van der Waals surface area (Å²) < 4.78 is 6.02. The fourth-order valence-electron chi connectivity index (χ4n) is 2.77. The third-order valence-electron chi connectivity index (χ3n) is 4.16. The Morgan fingerprint density at radius 2 is 1.77 bits per heavy atom. The maximum Gasteiger partial charge on any atom is 0.200 e. The molecule has 3 aromatic rings. The third-order valence-corrected chi connectivity index (χ3v) is 4.16. The van der Waals surface area contributed by atoms with Gasteiger partial charge in [-0.05, 0) is 37.4 Å². The van der Waals surface area contributed by atoms with E-state index in [0.717, 1.165) is 18.7 Å². The molecule has 2 N–H and O–H groups in total. The van der Waals surface area contributed by atoms with Gasteiger partial charge in [0.1, 0.15) is 11.2 Å². The van der Waals surface area contributed by atoms with Crippen molar-refractivity contribution in [2.24, 2.45) is 0 Å². The number of nitrogens with two attached hydrogens (primary N) is 1. The van der Waals surface area contributed by atoms with Crippen LogP contribution in [0.2, 0.25) is 0 Å². The predicted octanol–water partition coefficient (Wildman–Crippen LogP) is 3.37. The molecule has 0 fully saturated rings. The number of fused-ring (bicyclic) bond motifs is 2. The van der Waals surface area contributed by atoms with E-state index in [4.69, 9.17) is 10.2 Å². The molecule has 0 unspecified atom stereocenters. The summed E-state index contributed by atoms with van der Waals surface area (Å²) in [5.74, 6) is 0. The third kappa shape index (κ3) is 2.35. The van der Waals surface area contributed by atoms with E-state index in [9.17, 15) is 4.79 Å². The molecule has 3 rings (SSSR count). The molecule has 114 valence electrons. The Balaban J connectivity index is 2.31. The molecule has 0 aliphatic rings. The van der Waals surface area contributed by atoms with E-state index in [1.807, 2.05) is 18.2 Å². The zero-order valence-corrected chi connectivity index (χ0v) is 12.9. The van der Waals surface area contributed by atoms with Crippen molar-refractivity contribution in [1.29, 1.82) is 0 Å². The monoisotopic (exact) mass is 296 g/mol. The molecule has 2 aromatic carbocycles. The van der Waals surface area contributed by atoms with Gasteiger partial charge in [-0.1, -0.05) is 26.0 Å². The molecule has 4 nitrogen and oxygen atoms in total. The number of nitrogens with zero attached hydrogens (tertiary/aromatic N) is 1. The molecular formula is C18H20N2O2. The fourth-order valence-corrected chi connectivity index (χ4v) is 2.77. The van der Waals surface area contributed by atoms with Crippen molar-refractivity contribution in [3.63, 3.8) is 0 Å². The average Bonchev–Trinajstić information content (AvgIpc) is 2.54. The largest absolute Gasteiger partial charge is 0.455 e. The first-order chi connectivity index (χ1) is 10.7. The molecule has 0 atom stereocenters. The van der Waals surface area contributed by atoms with E-state index >= 15 is 0 Å². The Kier molecular flexibility index (Phi) is 3.86. The van der Waals surface area contributed by atoms with Gasteiger partial charge < -0.3 is 10.2 Å². The molecule has 0 saturated heterocycles. The van der Waals surface area contributed by atoms with Crippen molar-refractivity contribution in [2.75, 3.05) is 18.8 Å². The lowest BCUT2D eigenvalue weighted by molar-refractivity contribution is 0.296. The van der Waals surface area contributed by atoms with E-state index in [1.54, 1.807) is 18.2 Å². The number of anilines is 1. The van der Waals surface area contributed by atoms with Crippen molar-refractivity contribution in [3.05, 3.63) is 52.2 Å². The van der Waals surface area contributed by atoms with Crippen LogP contribution in [0.4, 0.5) is 5.69 Å². The maximum atomic E-state index is 12.7. The zero-order valence-electron chi connectivity index (χ0n) is 12.9. The van der Waals surface area contributed by atoms with E-state index in [-0.39, 0.29) is 5.43 Å². The summed E-state index contributed by atoms with van der Waals surface area (Å²) in [5.41, 5.74) is 8.92. The molecule has 1 aromatic heterocycles. The van der Waals surface area contributed by atoms with Crippen molar-refractivity contribution >= 4 is 27.6 Å². The second-order valence-electron chi connectivity index (χ2n) is 5.40. The molecule has 1 heterocycles. The lowest BCUT2D eigenvalue weighted by Crippen LogP contribution is -2.23. The van der Waals surface area contributed by atoms with Crippen LogP contribution in [-0.4, -0.2) is 18.0 Å². The topological polar surface area (TPSA) is 59.5 Å². The summed E-state index contributed by atoms with van der Waals surface area (Å²) in [6.45, 7) is 6.73. The van der Waals surface area contributed by atoms with Crippen molar-refractivity contribution in [3.8, 4) is 0 Å². The number of nitrogen functional groups attached to an aromatic ring is 1. The van der Waals surface area contributed by atoms with E-state index in [2.05, 4.69) is 18.7 Å². The zero-order chi connectivity index (χ0) is 15.7. The van der Waals surface area contributed by atoms with Crippen LogP contribution in [0.3, 0.4) is 0 Å². The SMILES string of the molecule is CCN(CC)Cc1c(N)ccc2c(=O)c3ccccc3oc12. The van der Waals surface area contributed by atoms with Crippen LogP contribution in [0.25, 0.3) is 21.9 Å². The van der Waals surface area contributed by atoms with Crippen LogP contribution in [0, 0.1) is 0 Å². The highest BCUT2D eigenvalue weighted by atomic mass is 16.3. The van der Waals surface area contributed by atoms with Crippen LogP contribution in [-0.2, 0) is 6.54 Å². The Bertz CT molecular complexity index is 879. The lowest BCUT2D eigenvalue weighted by Gasteiger charge is -2.20. The maximum absolute atomic E-state index is 12.7. The highest BCUT2D eigenvalue weighted by Crippen LogP contribution is 2.27. The first-order valence-corrected chi connectivity index (χ1v) is 7.61. The molecule has 22 heavy (non-hydrogen) atoms. The quantitative estimate of drug-likeness (QED) is 0.592. The molecule has 4 heteroatoms. The van der Waals surface area contributed by atoms with Crippen LogP contribution in [0.15, 0.2) is 45.6 Å². The second kappa shape index (κ2) is 5.81. The summed E-state index contributed by atoms with van der Waals surface area (Å²) in [6.07, 6.45) is 0. The number of rotatable bonds is 4. The van der Waals surface area contributed by atoms with E-state index in [0.29, 0.717) is 34.2 Å². The van der Waals surface area contributed by atoms with Gasteiger partial charge in [-0.25, -0.2) is 0 Å². The van der Waals surface area contributed by atoms with Gasteiger partial charge >= 0.3 is 0 Å². The van der Waals surface area contributed by atoms with Crippen molar-refractivity contribution in [1.82, 2.24) is 4.90 Å². The summed E-state index contributed by atoms with van der Waals surface area (Å²) in [4.78, 5) is 14.9.